The van der Waals surface area contributed by atoms with Gasteiger partial charge in [0.25, 0.3) is 0 Å². The largest absolute Gasteiger partial charge is 0.384 e. The third-order valence-electron chi connectivity index (χ3n) is 2.53. The number of pyridine rings is 1. The molecule has 0 spiro atoms. The highest BCUT2D eigenvalue weighted by atomic mass is 32.2. The molecule has 2 rings (SSSR count). The minimum atomic E-state index is 0.747. The van der Waals surface area contributed by atoms with Gasteiger partial charge in [-0.2, -0.15) is 0 Å². The summed E-state index contributed by atoms with van der Waals surface area (Å²) in [6, 6.07) is 4.90. The Kier molecular flexibility index (Phi) is 4.63. The molecule has 1 aromatic rings. The number of rotatable bonds is 7. The molecule has 1 heterocycles. The lowest BCUT2D eigenvalue weighted by atomic mass is 10.3. The van der Waals surface area contributed by atoms with Gasteiger partial charge in [-0.15, -0.1) is 11.8 Å². The fourth-order valence-corrected chi connectivity index (χ4v) is 2.36. The molecule has 4 heteroatoms. The predicted octanol–water partition coefficient (Wildman–Crippen LogP) is 2.07. The summed E-state index contributed by atoms with van der Waals surface area (Å²) in [5.74, 6) is 0.962. The van der Waals surface area contributed by atoms with Crippen LogP contribution in [0.5, 0.6) is 0 Å². The second-order valence-electron chi connectivity index (χ2n) is 3.96. The third-order valence-corrected chi connectivity index (χ3v) is 3.55. The van der Waals surface area contributed by atoms with Crippen molar-refractivity contribution in [2.24, 2.45) is 0 Å². The van der Waals surface area contributed by atoms with Gasteiger partial charge >= 0.3 is 0 Å². The van der Waals surface area contributed by atoms with Crippen LogP contribution in [0.2, 0.25) is 0 Å². The van der Waals surface area contributed by atoms with Crippen molar-refractivity contribution in [2.45, 2.75) is 30.5 Å². The summed E-state index contributed by atoms with van der Waals surface area (Å²) in [6.45, 7) is 1.71. The zero-order valence-electron chi connectivity index (χ0n) is 9.61. The van der Waals surface area contributed by atoms with E-state index >= 15 is 0 Å². The topological polar surface area (TPSA) is 34.1 Å². The van der Waals surface area contributed by atoms with Gasteiger partial charge in [0.2, 0.25) is 0 Å². The van der Waals surface area contributed by atoms with Gasteiger partial charge < -0.3 is 10.1 Å². The monoisotopic (exact) mass is 238 g/mol. The molecule has 0 bridgehead atoms. The molecule has 0 amide bonds. The molecular formula is C12H18N2OS. The minimum Gasteiger partial charge on any atom is -0.384 e. The van der Waals surface area contributed by atoms with Crippen LogP contribution in [0.4, 0.5) is 0 Å². The van der Waals surface area contributed by atoms with E-state index in [0.717, 1.165) is 30.0 Å². The molecule has 0 unspecified atom stereocenters. The van der Waals surface area contributed by atoms with E-state index in [1.807, 2.05) is 12.3 Å². The van der Waals surface area contributed by atoms with Crippen LogP contribution in [0, 0.1) is 0 Å². The van der Waals surface area contributed by atoms with Gasteiger partial charge in [0.05, 0.1) is 6.61 Å². The summed E-state index contributed by atoms with van der Waals surface area (Å²) in [5, 5.41) is 4.65. The average Bonchev–Trinajstić information content (AvgIpc) is 3.12. The van der Waals surface area contributed by atoms with E-state index in [2.05, 4.69) is 16.4 Å². The van der Waals surface area contributed by atoms with Gasteiger partial charge in [-0.3, -0.25) is 0 Å². The second-order valence-corrected chi connectivity index (χ2v) is 5.05. The van der Waals surface area contributed by atoms with Crippen LogP contribution in [0.3, 0.4) is 0 Å². The highest BCUT2D eigenvalue weighted by Crippen LogP contribution is 2.22. The van der Waals surface area contributed by atoms with Gasteiger partial charge in [0.1, 0.15) is 5.03 Å². The first-order valence-corrected chi connectivity index (χ1v) is 6.67. The number of nitrogens with zero attached hydrogens (tertiary/aromatic N) is 1. The quantitative estimate of drug-likeness (QED) is 0.582. The number of thioether (sulfide) groups is 1. The maximum Gasteiger partial charge on any atom is 0.101 e. The van der Waals surface area contributed by atoms with Crippen LogP contribution in [0.1, 0.15) is 18.4 Å². The molecule has 1 aliphatic rings. The normalized spacial score (nSPS) is 15.3. The first-order valence-electron chi connectivity index (χ1n) is 5.69. The van der Waals surface area contributed by atoms with Crippen molar-refractivity contribution in [3.05, 3.63) is 23.9 Å². The summed E-state index contributed by atoms with van der Waals surface area (Å²) in [4.78, 5) is 4.42. The highest BCUT2D eigenvalue weighted by molar-refractivity contribution is 7.99. The number of hydrogen-bond donors (Lipinski definition) is 1. The van der Waals surface area contributed by atoms with Crippen LogP contribution in [0.25, 0.3) is 0 Å². The number of ether oxygens (including phenoxy) is 1. The second kappa shape index (κ2) is 6.23. The Morgan fingerprint density at radius 1 is 1.56 bits per heavy atom. The number of hydrogen-bond acceptors (Lipinski definition) is 4. The maximum atomic E-state index is 5.05. The van der Waals surface area contributed by atoms with Gasteiger partial charge in [-0.25, -0.2) is 4.98 Å². The molecule has 3 nitrogen and oxygen atoms in total. The molecule has 1 N–H and O–H groups in total. The Labute approximate surface area is 101 Å². The zero-order valence-corrected chi connectivity index (χ0v) is 10.4. The van der Waals surface area contributed by atoms with Crippen molar-refractivity contribution in [1.29, 1.82) is 0 Å². The van der Waals surface area contributed by atoms with Gasteiger partial charge in [-0.05, 0) is 24.5 Å². The molecule has 1 aromatic heterocycles. The summed E-state index contributed by atoms with van der Waals surface area (Å²) in [5.41, 5.74) is 1.30. The van der Waals surface area contributed by atoms with Gasteiger partial charge in [0.15, 0.2) is 0 Å². The van der Waals surface area contributed by atoms with Crippen LogP contribution in [0.15, 0.2) is 23.4 Å². The lowest BCUT2D eigenvalue weighted by Gasteiger charge is -2.08. The molecule has 0 saturated heterocycles. The zero-order chi connectivity index (χ0) is 11.2. The fraction of sp³-hybridized carbons (Fsp3) is 0.583. The fourth-order valence-electron chi connectivity index (χ4n) is 1.45. The first-order chi connectivity index (χ1) is 7.90. The van der Waals surface area contributed by atoms with Crippen LogP contribution < -0.4 is 5.32 Å². The maximum absolute atomic E-state index is 5.05. The van der Waals surface area contributed by atoms with E-state index in [1.165, 1.54) is 18.4 Å². The molecule has 0 radical (unpaired) electrons. The Morgan fingerprint density at radius 2 is 2.44 bits per heavy atom. The molecule has 88 valence electrons. The van der Waals surface area contributed by atoms with E-state index in [9.17, 15) is 0 Å². The Morgan fingerprint density at radius 3 is 3.19 bits per heavy atom. The van der Waals surface area contributed by atoms with E-state index < -0.39 is 0 Å². The number of methoxy groups -OCH3 is 1. The van der Waals surface area contributed by atoms with Crippen molar-refractivity contribution < 1.29 is 4.74 Å². The van der Waals surface area contributed by atoms with E-state index in [-0.39, 0.29) is 0 Å². The molecule has 0 aromatic carbocycles. The molecule has 0 aliphatic heterocycles. The van der Waals surface area contributed by atoms with Crippen LogP contribution in [-0.4, -0.2) is 30.5 Å². The van der Waals surface area contributed by atoms with Crippen LogP contribution >= 0.6 is 11.8 Å². The summed E-state index contributed by atoms with van der Waals surface area (Å²) in [6.07, 6.45) is 4.51. The predicted molar refractivity (Wildman–Crippen MR) is 66.7 cm³/mol. The van der Waals surface area contributed by atoms with Crippen molar-refractivity contribution in [3.8, 4) is 0 Å². The smallest absolute Gasteiger partial charge is 0.101 e. The van der Waals surface area contributed by atoms with E-state index in [1.54, 1.807) is 18.9 Å². The van der Waals surface area contributed by atoms with Crippen molar-refractivity contribution >= 4 is 11.8 Å². The molecule has 0 atom stereocenters. The number of aromatic nitrogens is 1. The van der Waals surface area contributed by atoms with Gasteiger partial charge in [-0.1, -0.05) is 6.07 Å². The summed E-state index contributed by atoms with van der Waals surface area (Å²) in [7, 11) is 1.73. The molecule has 1 saturated carbocycles. The number of nitrogens with one attached hydrogen (secondary N) is 1. The Bertz CT molecular complexity index is 329. The first kappa shape index (κ1) is 11.9. The van der Waals surface area contributed by atoms with Crippen molar-refractivity contribution in [1.82, 2.24) is 10.3 Å². The van der Waals surface area contributed by atoms with Crippen molar-refractivity contribution in [2.75, 3.05) is 19.5 Å². The Hall–Kier alpha value is -0.580. The van der Waals surface area contributed by atoms with Crippen molar-refractivity contribution in [3.63, 3.8) is 0 Å². The molecule has 16 heavy (non-hydrogen) atoms. The molecular weight excluding hydrogens is 220 g/mol. The van der Waals surface area contributed by atoms with E-state index in [4.69, 9.17) is 4.74 Å². The lowest BCUT2D eigenvalue weighted by Crippen LogP contribution is -2.16. The van der Waals surface area contributed by atoms with Gasteiger partial charge in [0, 0.05) is 31.6 Å². The lowest BCUT2D eigenvalue weighted by molar-refractivity contribution is 0.218. The minimum absolute atomic E-state index is 0.747. The van der Waals surface area contributed by atoms with Crippen LogP contribution in [-0.2, 0) is 11.3 Å². The SMILES string of the molecule is COCCSc1ncccc1CNC1CC1. The standard InChI is InChI=1S/C12H18N2OS/c1-15-7-8-16-12-10(3-2-6-13-12)9-14-11-4-5-11/h2-3,6,11,14H,4-5,7-9H2,1H3. The summed E-state index contributed by atoms with van der Waals surface area (Å²) < 4.78 is 5.05. The molecule has 1 aliphatic carbocycles. The Balaban J connectivity index is 1.87. The highest BCUT2D eigenvalue weighted by Gasteiger charge is 2.20. The third kappa shape index (κ3) is 3.77. The molecule has 1 fully saturated rings. The average molecular weight is 238 g/mol. The summed E-state index contributed by atoms with van der Waals surface area (Å²) >= 11 is 1.77. The van der Waals surface area contributed by atoms with E-state index in [0.29, 0.717) is 0 Å².